The summed E-state index contributed by atoms with van der Waals surface area (Å²) >= 11 is 7.00. The molecule has 0 aliphatic carbocycles. The van der Waals surface area contributed by atoms with Crippen LogP contribution in [0.2, 0.25) is 0 Å². The van der Waals surface area contributed by atoms with Gasteiger partial charge in [0.1, 0.15) is 0 Å². The van der Waals surface area contributed by atoms with Gasteiger partial charge in [0.2, 0.25) is 0 Å². The number of ketones is 1. The Kier molecular flexibility index (Phi) is 3.96. The summed E-state index contributed by atoms with van der Waals surface area (Å²) in [6, 6.07) is 17.6. The van der Waals surface area contributed by atoms with Gasteiger partial charge in [-0.2, -0.15) is 0 Å². The molecule has 0 unspecified atom stereocenters. The number of benzene rings is 3. The number of halogens is 2. The van der Waals surface area contributed by atoms with Gasteiger partial charge in [0.05, 0.1) is 0 Å². The van der Waals surface area contributed by atoms with Crippen molar-refractivity contribution in [2.45, 2.75) is 6.92 Å². The van der Waals surface area contributed by atoms with E-state index in [4.69, 9.17) is 0 Å². The third kappa shape index (κ3) is 2.68. The summed E-state index contributed by atoms with van der Waals surface area (Å²) in [6.45, 7) is 2.00. The van der Waals surface area contributed by atoms with Crippen LogP contribution >= 0.6 is 31.9 Å². The quantitative estimate of drug-likeness (QED) is 0.486. The van der Waals surface area contributed by atoms with E-state index in [9.17, 15) is 4.79 Å². The van der Waals surface area contributed by atoms with Crippen LogP contribution in [0.5, 0.6) is 0 Å². The van der Waals surface area contributed by atoms with Crippen LogP contribution in [0.25, 0.3) is 10.8 Å². The van der Waals surface area contributed by atoms with Crippen molar-refractivity contribution >= 4 is 48.4 Å². The molecular formula is C18H12Br2O. The molecule has 0 aromatic heterocycles. The smallest absolute Gasteiger partial charge is 0.194 e. The van der Waals surface area contributed by atoms with Gasteiger partial charge in [-0.15, -0.1) is 0 Å². The van der Waals surface area contributed by atoms with Crippen LogP contribution in [0.4, 0.5) is 0 Å². The van der Waals surface area contributed by atoms with Crippen molar-refractivity contribution in [3.63, 3.8) is 0 Å². The van der Waals surface area contributed by atoms with Crippen LogP contribution in [0.1, 0.15) is 21.5 Å². The molecule has 0 atom stereocenters. The molecule has 0 spiro atoms. The van der Waals surface area contributed by atoms with Crippen LogP contribution < -0.4 is 0 Å². The molecule has 0 bridgehead atoms. The zero-order valence-corrected chi connectivity index (χ0v) is 14.5. The fourth-order valence-electron chi connectivity index (χ4n) is 2.39. The summed E-state index contributed by atoms with van der Waals surface area (Å²) < 4.78 is 1.76. The zero-order valence-electron chi connectivity index (χ0n) is 11.4. The third-order valence-electron chi connectivity index (χ3n) is 3.53. The lowest BCUT2D eigenvalue weighted by atomic mass is 9.97. The Bertz CT molecular complexity index is 848. The Balaban J connectivity index is 2.20. The molecule has 104 valence electrons. The number of fused-ring (bicyclic) bond motifs is 1. The first-order valence-corrected chi connectivity index (χ1v) is 8.14. The van der Waals surface area contributed by atoms with Crippen molar-refractivity contribution in [1.82, 2.24) is 0 Å². The largest absolute Gasteiger partial charge is 0.289 e. The van der Waals surface area contributed by atoms with Gasteiger partial charge in [-0.05, 0) is 35.4 Å². The van der Waals surface area contributed by atoms with E-state index in [2.05, 4.69) is 31.9 Å². The third-order valence-corrected chi connectivity index (χ3v) is 5.04. The van der Waals surface area contributed by atoms with Crippen molar-refractivity contribution in [1.29, 1.82) is 0 Å². The summed E-state index contributed by atoms with van der Waals surface area (Å²) in [7, 11) is 0. The number of aryl methyl sites for hydroxylation is 1. The molecule has 3 aromatic carbocycles. The van der Waals surface area contributed by atoms with Gasteiger partial charge >= 0.3 is 0 Å². The molecule has 0 fully saturated rings. The first-order valence-electron chi connectivity index (χ1n) is 6.56. The summed E-state index contributed by atoms with van der Waals surface area (Å²) in [5.41, 5.74) is 2.49. The SMILES string of the molecule is Cc1cc(Br)c(C(=O)c2cccc3ccccc23)cc1Br. The highest BCUT2D eigenvalue weighted by molar-refractivity contribution is 9.11. The van der Waals surface area contributed by atoms with E-state index in [1.165, 1.54) is 0 Å². The normalized spacial score (nSPS) is 10.8. The van der Waals surface area contributed by atoms with Crippen LogP contribution in [0, 0.1) is 6.92 Å². The lowest BCUT2D eigenvalue weighted by molar-refractivity contribution is 0.103. The van der Waals surface area contributed by atoms with Crippen LogP contribution in [0.15, 0.2) is 63.5 Å². The van der Waals surface area contributed by atoms with Gasteiger partial charge in [-0.25, -0.2) is 0 Å². The molecule has 0 aliphatic heterocycles. The fraction of sp³-hybridized carbons (Fsp3) is 0.0556. The van der Waals surface area contributed by atoms with E-state index >= 15 is 0 Å². The maximum atomic E-state index is 12.9. The van der Waals surface area contributed by atoms with E-state index in [0.717, 1.165) is 30.8 Å². The highest BCUT2D eigenvalue weighted by Gasteiger charge is 2.16. The average Bonchev–Trinajstić information content (AvgIpc) is 2.49. The maximum absolute atomic E-state index is 12.9. The highest BCUT2D eigenvalue weighted by Crippen LogP contribution is 2.29. The lowest BCUT2D eigenvalue weighted by Gasteiger charge is -2.09. The van der Waals surface area contributed by atoms with Gasteiger partial charge in [0, 0.05) is 20.1 Å². The summed E-state index contributed by atoms with van der Waals surface area (Å²) in [4.78, 5) is 12.9. The molecule has 3 heteroatoms. The van der Waals surface area contributed by atoms with Gasteiger partial charge in [-0.1, -0.05) is 74.3 Å². The minimum atomic E-state index is 0.0272. The maximum Gasteiger partial charge on any atom is 0.194 e. The van der Waals surface area contributed by atoms with E-state index in [0.29, 0.717) is 5.56 Å². The predicted molar refractivity (Wildman–Crippen MR) is 94.0 cm³/mol. The molecule has 0 amide bonds. The fourth-order valence-corrected chi connectivity index (χ4v) is 3.37. The van der Waals surface area contributed by atoms with Crippen molar-refractivity contribution in [3.8, 4) is 0 Å². The Morgan fingerprint density at radius 1 is 0.857 bits per heavy atom. The monoisotopic (exact) mass is 402 g/mol. The van der Waals surface area contributed by atoms with Crippen molar-refractivity contribution in [2.24, 2.45) is 0 Å². The number of carbonyl (C=O) groups is 1. The second kappa shape index (κ2) is 5.74. The predicted octanol–water partition coefficient (Wildman–Crippen LogP) is 5.90. The Hall–Kier alpha value is -1.45. The number of hydrogen-bond acceptors (Lipinski definition) is 1. The molecule has 0 saturated heterocycles. The Morgan fingerprint density at radius 3 is 2.38 bits per heavy atom. The molecule has 3 aromatic rings. The standard InChI is InChI=1S/C18H12Br2O/c1-11-9-17(20)15(10-16(11)19)18(21)14-8-4-6-12-5-2-3-7-13(12)14/h2-10H,1H3. The van der Waals surface area contributed by atoms with Gasteiger partial charge in [-0.3, -0.25) is 4.79 Å². The van der Waals surface area contributed by atoms with E-state index in [1.807, 2.05) is 61.5 Å². The summed E-state index contributed by atoms with van der Waals surface area (Å²) in [5, 5.41) is 2.05. The van der Waals surface area contributed by atoms with Gasteiger partial charge < -0.3 is 0 Å². The second-order valence-corrected chi connectivity index (χ2v) is 6.65. The molecule has 1 nitrogen and oxygen atoms in total. The molecule has 21 heavy (non-hydrogen) atoms. The molecular weight excluding hydrogens is 392 g/mol. The number of rotatable bonds is 2. The first kappa shape index (κ1) is 14.5. The summed E-state index contributed by atoms with van der Waals surface area (Å²) in [6.07, 6.45) is 0. The minimum Gasteiger partial charge on any atom is -0.289 e. The molecule has 0 N–H and O–H groups in total. The topological polar surface area (TPSA) is 17.1 Å². The Labute approximate surface area is 140 Å². The Morgan fingerprint density at radius 2 is 1.57 bits per heavy atom. The summed E-state index contributed by atoms with van der Waals surface area (Å²) in [5.74, 6) is 0.0272. The van der Waals surface area contributed by atoms with Crippen molar-refractivity contribution < 1.29 is 4.79 Å². The van der Waals surface area contributed by atoms with Crippen molar-refractivity contribution in [3.05, 3.63) is 80.2 Å². The minimum absolute atomic E-state index is 0.0272. The van der Waals surface area contributed by atoms with Crippen LogP contribution in [-0.4, -0.2) is 5.78 Å². The van der Waals surface area contributed by atoms with E-state index in [-0.39, 0.29) is 5.78 Å². The number of hydrogen-bond donors (Lipinski definition) is 0. The molecule has 0 heterocycles. The molecule has 3 rings (SSSR count). The van der Waals surface area contributed by atoms with Gasteiger partial charge in [0.25, 0.3) is 0 Å². The lowest BCUT2D eigenvalue weighted by Crippen LogP contribution is -2.04. The van der Waals surface area contributed by atoms with E-state index in [1.54, 1.807) is 0 Å². The molecule has 0 radical (unpaired) electrons. The van der Waals surface area contributed by atoms with Crippen LogP contribution in [-0.2, 0) is 0 Å². The van der Waals surface area contributed by atoms with Crippen LogP contribution in [0.3, 0.4) is 0 Å². The first-order chi connectivity index (χ1) is 10.1. The molecule has 0 aliphatic rings. The van der Waals surface area contributed by atoms with Gasteiger partial charge in [0.15, 0.2) is 5.78 Å². The average molecular weight is 404 g/mol. The van der Waals surface area contributed by atoms with E-state index < -0.39 is 0 Å². The molecule has 0 saturated carbocycles. The second-order valence-electron chi connectivity index (χ2n) is 4.94. The highest BCUT2D eigenvalue weighted by atomic mass is 79.9. The van der Waals surface area contributed by atoms with Crippen molar-refractivity contribution in [2.75, 3.05) is 0 Å². The number of carbonyl (C=O) groups excluding carboxylic acids is 1. The zero-order chi connectivity index (χ0) is 15.0.